The van der Waals surface area contributed by atoms with Crippen LogP contribution in [0.5, 0.6) is 0 Å². The molecule has 2 fully saturated rings. The minimum Gasteiger partial charge on any atom is -0.465 e. The number of hydrogen-bond acceptors (Lipinski definition) is 4. The molecule has 0 spiro atoms. The molecule has 16 heavy (non-hydrogen) atoms. The maximum atomic E-state index is 12.0. The zero-order valence-corrected chi connectivity index (χ0v) is 9.91. The third-order valence-electron chi connectivity index (χ3n) is 3.97. The lowest BCUT2D eigenvalue weighted by molar-refractivity contribution is -0.156. The van der Waals surface area contributed by atoms with E-state index in [-0.39, 0.29) is 12.0 Å². The number of esters is 1. The fraction of sp³-hybridized carbons (Fsp3) is 0.917. The fourth-order valence-electron chi connectivity index (χ4n) is 2.52. The van der Waals surface area contributed by atoms with Crippen molar-refractivity contribution in [2.45, 2.75) is 38.6 Å². The van der Waals surface area contributed by atoms with Gasteiger partial charge in [-0.3, -0.25) is 4.79 Å². The largest absolute Gasteiger partial charge is 0.465 e. The molecule has 2 aliphatic rings. The molecule has 0 aromatic rings. The van der Waals surface area contributed by atoms with Crippen LogP contribution in [0.2, 0.25) is 0 Å². The van der Waals surface area contributed by atoms with Crippen LogP contribution < -0.4 is 5.73 Å². The van der Waals surface area contributed by atoms with Gasteiger partial charge in [0.25, 0.3) is 0 Å². The number of hydrogen-bond donors (Lipinski definition) is 1. The first-order chi connectivity index (χ1) is 7.63. The predicted molar refractivity (Wildman–Crippen MR) is 59.8 cm³/mol. The van der Waals surface area contributed by atoms with Crippen molar-refractivity contribution in [1.29, 1.82) is 0 Å². The molecule has 0 radical (unpaired) electrons. The highest BCUT2D eigenvalue weighted by Gasteiger charge is 2.44. The Bertz CT molecular complexity index is 263. The van der Waals surface area contributed by atoms with Gasteiger partial charge in [0.15, 0.2) is 0 Å². The molecule has 1 aliphatic carbocycles. The Morgan fingerprint density at radius 3 is 2.94 bits per heavy atom. The first-order valence-electron chi connectivity index (χ1n) is 6.13. The smallest absolute Gasteiger partial charge is 0.313 e. The maximum Gasteiger partial charge on any atom is 0.313 e. The molecule has 4 nitrogen and oxygen atoms in total. The Hall–Kier alpha value is -0.610. The van der Waals surface area contributed by atoms with Gasteiger partial charge < -0.3 is 15.2 Å². The first kappa shape index (κ1) is 11.9. The maximum absolute atomic E-state index is 12.0. The van der Waals surface area contributed by atoms with Crippen molar-refractivity contribution in [3.05, 3.63) is 0 Å². The molecule has 1 saturated carbocycles. The van der Waals surface area contributed by atoms with E-state index in [1.807, 2.05) is 6.92 Å². The minimum atomic E-state index is -0.459. The van der Waals surface area contributed by atoms with E-state index < -0.39 is 5.41 Å². The number of carbonyl (C=O) groups is 1. The lowest BCUT2D eigenvalue weighted by Gasteiger charge is -2.26. The average molecular weight is 227 g/mol. The Balaban J connectivity index is 1.82. The van der Waals surface area contributed by atoms with E-state index in [0.29, 0.717) is 12.5 Å². The van der Waals surface area contributed by atoms with Crippen molar-refractivity contribution >= 4 is 5.97 Å². The van der Waals surface area contributed by atoms with Crippen LogP contribution >= 0.6 is 0 Å². The van der Waals surface area contributed by atoms with Gasteiger partial charge in [-0.25, -0.2) is 0 Å². The summed E-state index contributed by atoms with van der Waals surface area (Å²) in [7, 11) is 0. The Labute approximate surface area is 96.5 Å². The Morgan fingerprint density at radius 2 is 2.38 bits per heavy atom. The van der Waals surface area contributed by atoms with E-state index in [2.05, 4.69) is 0 Å². The third kappa shape index (κ3) is 2.23. The molecule has 1 aliphatic heterocycles. The third-order valence-corrected chi connectivity index (χ3v) is 3.97. The van der Waals surface area contributed by atoms with E-state index in [1.165, 1.54) is 0 Å². The Morgan fingerprint density at radius 1 is 1.56 bits per heavy atom. The van der Waals surface area contributed by atoms with Crippen LogP contribution in [0.15, 0.2) is 0 Å². The molecular weight excluding hydrogens is 206 g/mol. The second kappa shape index (κ2) is 4.72. The van der Waals surface area contributed by atoms with Gasteiger partial charge in [-0.2, -0.15) is 0 Å². The molecule has 3 unspecified atom stereocenters. The van der Waals surface area contributed by atoms with E-state index >= 15 is 0 Å². The summed E-state index contributed by atoms with van der Waals surface area (Å²) in [6, 6.07) is -0.0418. The molecule has 92 valence electrons. The Kier molecular flexibility index (Phi) is 3.50. The van der Waals surface area contributed by atoms with Crippen LogP contribution in [0.25, 0.3) is 0 Å². The normalized spacial score (nSPS) is 38.9. The van der Waals surface area contributed by atoms with Gasteiger partial charge in [-0.1, -0.05) is 6.42 Å². The summed E-state index contributed by atoms with van der Waals surface area (Å²) in [6.07, 6.45) is 3.81. The van der Waals surface area contributed by atoms with E-state index in [0.717, 1.165) is 38.9 Å². The molecule has 4 heteroatoms. The summed E-state index contributed by atoms with van der Waals surface area (Å²) >= 11 is 0. The van der Waals surface area contributed by atoms with Gasteiger partial charge in [0.05, 0.1) is 18.6 Å². The van der Waals surface area contributed by atoms with Crippen molar-refractivity contribution in [2.75, 3.05) is 19.8 Å². The van der Waals surface area contributed by atoms with Gasteiger partial charge in [0, 0.05) is 18.6 Å². The minimum absolute atomic E-state index is 0.0418. The number of carbonyl (C=O) groups excluding carboxylic acids is 1. The molecule has 2 rings (SSSR count). The zero-order valence-electron chi connectivity index (χ0n) is 9.91. The van der Waals surface area contributed by atoms with Gasteiger partial charge in [0.1, 0.15) is 0 Å². The van der Waals surface area contributed by atoms with Crippen molar-refractivity contribution in [2.24, 2.45) is 17.1 Å². The lowest BCUT2D eigenvalue weighted by atomic mass is 9.85. The summed E-state index contributed by atoms with van der Waals surface area (Å²) < 4.78 is 10.6. The highest BCUT2D eigenvalue weighted by Crippen LogP contribution is 2.37. The summed E-state index contributed by atoms with van der Waals surface area (Å²) in [5.74, 6) is 0.259. The van der Waals surface area contributed by atoms with Crippen LogP contribution in [0.1, 0.15) is 32.6 Å². The summed E-state index contributed by atoms with van der Waals surface area (Å²) in [6.45, 7) is 3.92. The molecule has 0 aromatic carbocycles. The monoisotopic (exact) mass is 227 g/mol. The second-order valence-electron chi connectivity index (χ2n) is 5.24. The second-order valence-corrected chi connectivity index (χ2v) is 5.24. The zero-order chi connectivity index (χ0) is 11.6. The molecule has 0 amide bonds. The van der Waals surface area contributed by atoms with Gasteiger partial charge in [0.2, 0.25) is 0 Å². The number of rotatable bonds is 3. The fourth-order valence-corrected chi connectivity index (χ4v) is 2.52. The SMILES string of the molecule is CC1(C(=O)OCC2CCOC2)CCCC1N. The molecule has 3 atom stereocenters. The quantitative estimate of drug-likeness (QED) is 0.733. The highest BCUT2D eigenvalue weighted by molar-refractivity contribution is 5.77. The van der Waals surface area contributed by atoms with Gasteiger partial charge >= 0.3 is 5.97 Å². The first-order valence-corrected chi connectivity index (χ1v) is 6.13. The van der Waals surface area contributed by atoms with Crippen LogP contribution in [-0.4, -0.2) is 31.8 Å². The van der Waals surface area contributed by atoms with Gasteiger partial charge in [-0.15, -0.1) is 0 Å². The summed E-state index contributed by atoms with van der Waals surface area (Å²) in [5, 5.41) is 0. The molecule has 0 bridgehead atoms. The molecule has 1 heterocycles. The van der Waals surface area contributed by atoms with Gasteiger partial charge in [-0.05, 0) is 26.2 Å². The standard InChI is InChI=1S/C12H21NO3/c1-12(5-2-3-10(12)13)11(14)16-8-9-4-6-15-7-9/h9-10H,2-8,13H2,1H3. The van der Waals surface area contributed by atoms with Crippen molar-refractivity contribution in [3.8, 4) is 0 Å². The predicted octanol–water partition coefficient (Wildman–Crippen LogP) is 1.08. The van der Waals surface area contributed by atoms with Crippen molar-refractivity contribution in [3.63, 3.8) is 0 Å². The number of ether oxygens (including phenoxy) is 2. The lowest BCUT2D eigenvalue weighted by Crippen LogP contribution is -2.42. The van der Waals surface area contributed by atoms with Crippen LogP contribution in [0, 0.1) is 11.3 Å². The van der Waals surface area contributed by atoms with Crippen LogP contribution in [0.3, 0.4) is 0 Å². The highest BCUT2D eigenvalue weighted by atomic mass is 16.5. The average Bonchev–Trinajstić information content (AvgIpc) is 2.87. The van der Waals surface area contributed by atoms with Crippen LogP contribution in [0.4, 0.5) is 0 Å². The van der Waals surface area contributed by atoms with Crippen molar-refractivity contribution < 1.29 is 14.3 Å². The summed E-state index contributed by atoms with van der Waals surface area (Å²) in [4.78, 5) is 12.0. The van der Waals surface area contributed by atoms with Crippen molar-refractivity contribution in [1.82, 2.24) is 0 Å². The molecule has 2 N–H and O–H groups in total. The van der Waals surface area contributed by atoms with E-state index in [9.17, 15) is 4.79 Å². The molecule has 1 saturated heterocycles. The van der Waals surface area contributed by atoms with Crippen LogP contribution in [-0.2, 0) is 14.3 Å². The molecule has 0 aromatic heterocycles. The van der Waals surface area contributed by atoms with E-state index in [1.54, 1.807) is 0 Å². The van der Waals surface area contributed by atoms with E-state index in [4.69, 9.17) is 15.2 Å². The summed E-state index contributed by atoms with van der Waals surface area (Å²) in [5.41, 5.74) is 5.51. The topological polar surface area (TPSA) is 61.5 Å². The molecular formula is C12H21NO3. The number of nitrogens with two attached hydrogens (primary N) is 1.